The number of halogens is 3. The summed E-state index contributed by atoms with van der Waals surface area (Å²) in [5.41, 5.74) is 0.526. The predicted octanol–water partition coefficient (Wildman–Crippen LogP) is 3.64. The van der Waals surface area contributed by atoms with Gasteiger partial charge in [-0.2, -0.15) is 15.0 Å². The van der Waals surface area contributed by atoms with E-state index in [0.29, 0.717) is 21.7 Å². The van der Waals surface area contributed by atoms with Crippen LogP contribution in [0, 0.1) is 0 Å². The molecule has 0 spiro atoms. The van der Waals surface area contributed by atoms with Gasteiger partial charge in [-0.05, 0) is 23.7 Å². The van der Waals surface area contributed by atoms with Crippen molar-refractivity contribution in [2.24, 2.45) is 0 Å². The van der Waals surface area contributed by atoms with Crippen LogP contribution in [0.25, 0.3) is 0 Å². The summed E-state index contributed by atoms with van der Waals surface area (Å²) >= 11 is 18.0. The molecule has 0 saturated heterocycles. The van der Waals surface area contributed by atoms with E-state index in [0.717, 1.165) is 0 Å². The van der Waals surface area contributed by atoms with Crippen molar-refractivity contribution in [3.05, 3.63) is 33.5 Å². The standard InChI is InChI=1S/C11H10Cl3N5/c1-19(2)11-17-9(14)16-10(18-11)15-8-6(12)4-3-5-7(8)13/h3-5H,1-2H3,(H,15,16,17,18). The second kappa shape index (κ2) is 5.77. The molecule has 8 heteroatoms. The number of anilines is 3. The maximum Gasteiger partial charge on any atom is 0.233 e. The maximum absolute atomic E-state index is 6.06. The van der Waals surface area contributed by atoms with E-state index in [9.17, 15) is 0 Å². The van der Waals surface area contributed by atoms with Crippen molar-refractivity contribution >= 4 is 52.4 Å². The molecule has 5 nitrogen and oxygen atoms in total. The van der Waals surface area contributed by atoms with Crippen molar-refractivity contribution in [1.29, 1.82) is 0 Å². The molecule has 0 unspecified atom stereocenters. The molecule has 0 fully saturated rings. The quantitative estimate of drug-likeness (QED) is 0.936. The minimum Gasteiger partial charge on any atom is -0.347 e. The van der Waals surface area contributed by atoms with Crippen LogP contribution in [0.1, 0.15) is 0 Å². The number of nitrogens with one attached hydrogen (secondary N) is 1. The topological polar surface area (TPSA) is 53.9 Å². The highest BCUT2D eigenvalue weighted by atomic mass is 35.5. The molecule has 0 atom stereocenters. The van der Waals surface area contributed by atoms with Crippen molar-refractivity contribution in [3.63, 3.8) is 0 Å². The van der Waals surface area contributed by atoms with Crippen LogP contribution in [-0.2, 0) is 0 Å². The molecule has 0 bridgehead atoms. The molecule has 100 valence electrons. The van der Waals surface area contributed by atoms with Crippen LogP contribution in [0.3, 0.4) is 0 Å². The molecular weight excluding hydrogens is 309 g/mol. The number of para-hydroxylation sites is 1. The van der Waals surface area contributed by atoms with Gasteiger partial charge < -0.3 is 10.2 Å². The monoisotopic (exact) mass is 317 g/mol. The lowest BCUT2D eigenvalue weighted by Crippen LogP contribution is -2.14. The Balaban J connectivity index is 2.38. The van der Waals surface area contributed by atoms with Crippen molar-refractivity contribution in [2.75, 3.05) is 24.3 Å². The summed E-state index contributed by atoms with van der Waals surface area (Å²) in [4.78, 5) is 13.9. The van der Waals surface area contributed by atoms with Gasteiger partial charge in [-0.3, -0.25) is 0 Å². The molecule has 1 aromatic carbocycles. The second-order valence-corrected chi connectivity index (χ2v) is 5.00. The Hall–Kier alpha value is -1.30. The lowest BCUT2D eigenvalue weighted by molar-refractivity contribution is 0.961. The van der Waals surface area contributed by atoms with E-state index in [1.54, 1.807) is 37.2 Å². The molecule has 19 heavy (non-hydrogen) atoms. The van der Waals surface area contributed by atoms with Gasteiger partial charge in [0.05, 0.1) is 15.7 Å². The van der Waals surface area contributed by atoms with Crippen LogP contribution >= 0.6 is 34.8 Å². The molecule has 1 heterocycles. The van der Waals surface area contributed by atoms with Gasteiger partial charge in [0.2, 0.25) is 17.2 Å². The van der Waals surface area contributed by atoms with Gasteiger partial charge in [-0.25, -0.2) is 0 Å². The summed E-state index contributed by atoms with van der Waals surface area (Å²) in [6.45, 7) is 0. The third-order valence-corrected chi connectivity index (χ3v) is 2.99. The Morgan fingerprint density at radius 3 is 2.21 bits per heavy atom. The Kier molecular flexibility index (Phi) is 4.29. The third kappa shape index (κ3) is 3.37. The van der Waals surface area contributed by atoms with Gasteiger partial charge in [0.25, 0.3) is 0 Å². The van der Waals surface area contributed by atoms with E-state index in [1.165, 1.54) is 0 Å². The number of rotatable bonds is 3. The fourth-order valence-electron chi connectivity index (χ4n) is 1.32. The highest BCUT2D eigenvalue weighted by molar-refractivity contribution is 6.39. The summed E-state index contributed by atoms with van der Waals surface area (Å²) in [6.07, 6.45) is 0. The second-order valence-electron chi connectivity index (χ2n) is 3.84. The highest BCUT2D eigenvalue weighted by Gasteiger charge is 2.10. The fourth-order valence-corrected chi connectivity index (χ4v) is 1.97. The molecule has 2 rings (SSSR count). The molecule has 0 aliphatic carbocycles. The summed E-state index contributed by atoms with van der Waals surface area (Å²) in [5.74, 6) is 0.712. The number of hydrogen-bond acceptors (Lipinski definition) is 5. The zero-order valence-electron chi connectivity index (χ0n) is 10.2. The summed E-state index contributed by atoms with van der Waals surface area (Å²) < 4.78 is 0. The largest absolute Gasteiger partial charge is 0.347 e. The average Bonchev–Trinajstić information content (AvgIpc) is 2.33. The first-order valence-electron chi connectivity index (χ1n) is 5.27. The van der Waals surface area contributed by atoms with E-state index in [1.807, 2.05) is 0 Å². The van der Waals surface area contributed by atoms with Crippen LogP contribution in [0.4, 0.5) is 17.6 Å². The molecule has 2 aromatic rings. The van der Waals surface area contributed by atoms with E-state index < -0.39 is 0 Å². The van der Waals surface area contributed by atoms with Crippen LogP contribution in [0.2, 0.25) is 15.3 Å². The Labute approximate surface area is 125 Å². The molecular formula is C11H10Cl3N5. The molecule has 1 aromatic heterocycles. The Morgan fingerprint density at radius 1 is 1.00 bits per heavy atom. The fraction of sp³-hybridized carbons (Fsp3) is 0.182. The summed E-state index contributed by atoms with van der Waals surface area (Å²) in [7, 11) is 3.61. The minimum atomic E-state index is 0.0874. The number of hydrogen-bond donors (Lipinski definition) is 1. The van der Waals surface area contributed by atoms with E-state index >= 15 is 0 Å². The van der Waals surface area contributed by atoms with Crippen LogP contribution in [-0.4, -0.2) is 29.0 Å². The molecule has 0 saturated carbocycles. The molecule has 0 radical (unpaired) electrons. The van der Waals surface area contributed by atoms with Gasteiger partial charge in [-0.15, -0.1) is 0 Å². The van der Waals surface area contributed by atoms with E-state index in [2.05, 4.69) is 20.3 Å². The highest BCUT2D eigenvalue weighted by Crippen LogP contribution is 2.31. The summed E-state index contributed by atoms with van der Waals surface area (Å²) in [6, 6.07) is 5.18. The first kappa shape index (κ1) is 14.1. The summed E-state index contributed by atoms with van der Waals surface area (Å²) in [5, 5.41) is 3.96. The third-order valence-electron chi connectivity index (χ3n) is 2.20. The zero-order chi connectivity index (χ0) is 14.0. The Bertz CT molecular complexity index is 583. The maximum atomic E-state index is 6.06. The van der Waals surface area contributed by atoms with Gasteiger partial charge >= 0.3 is 0 Å². The molecule has 0 aliphatic rings. The number of aromatic nitrogens is 3. The normalized spacial score (nSPS) is 10.4. The lowest BCUT2D eigenvalue weighted by Gasteiger charge is -2.13. The minimum absolute atomic E-state index is 0.0874. The zero-order valence-corrected chi connectivity index (χ0v) is 12.4. The smallest absolute Gasteiger partial charge is 0.233 e. The number of nitrogens with zero attached hydrogens (tertiary/aromatic N) is 4. The Morgan fingerprint density at radius 2 is 1.63 bits per heavy atom. The van der Waals surface area contributed by atoms with Crippen LogP contribution in [0.15, 0.2) is 18.2 Å². The lowest BCUT2D eigenvalue weighted by atomic mass is 10.3. The van der Waals surface area contributed by atoms with Crippen LogP contribution in [0.5, 0.6) is 0 Å². The first-order valence-corrected chi connectivity index (χ1v) is 6.40. The van der Waals surface area contributed by atoms with E-state index in [-0.39, 0.29) is 11.2 Å². The van der Waals surface area contributed by atoms with Crippen molar-refractivity contribution in [1.82, 2.24) is 15.0 Å². The van der Waals surface area contributed by atoms with Crippen molar-refractivity contribution < 1.29 is 0 Å². The molecule has 0 aliphatic heterocycles. The molecule has 1 N–H and O–H groups in total. The van der Waals surface area contributed by atoms with Crippen LogP contribution < -0.4 is 10.2 Å². The molecule has 0 amide bonds. The van der Waals surface area contributed by atoms with Crippen molar-refractivity contribution in [2.45, 2.75) is 0 Å². The average molecular weight is 319 g/mol. The van der Waals surface area contributed by atoms with Gasteiger partial charge in [-0.1, -0.05) is 29.3 Å². The van der Waals surface area contributed by atoms with E-state index in [4.69, 9.17) is 34.8 Å². The number of benzene rings is 1. The SMILES string of the molecule is CN(C)c1nc(Cl)nc(Nc2c(Cl)cccc2Cl)n1. The first-order chi connectivity index (χ1) is 8.97. The van der Waals surface area contributed by atoms with Gasteiger partial charge in [0.1, 0.15) is 0 Å². The predicted molar refractivity (Wildman–Crippen MR) is 78.9 cm³/mol. The van der Waals surface area contributed by atoms with Gasteiger partial charge in [0.15, 0.2) is 0 Å². The van der Waals surface area contributed by atoms with Crippen molar-refractivity contribution in [3.8, 4) is 0 Å². The van der Waals surface area contributed by atoms with Gasteiger partial charge in [0, 0.05) is 14.1 Å².